The van der Waals surface area contributed by atoms with Gasteiger partial charge in [0.25, 0.3) is 0 Å². The molecule has 0 bridgehead atoms. The maximum absolute atomic E-state index is 11.5. The van der Waals surface area contributed by atoms with Crippen molar-refractivity contribution >= 4 is 10.0 Å². The van der Waals surface area contributed by atoms with Gasteiger partial charge in [0.15, 0.2) is 0 Å². The zero-order valence-corrected chi connectivity index (χ0v) is 12.7. The van der Waals surface area contributed by atoms with Crippen LogP contribution >= 0.6 is 0 Å². The van der Waals surface area contributed by atoms with Crippen molar-refractivity contribution in [2.24, 2.45) is 5.92 Å². The molecular formula is C12H26N2O4S. The number of nitrogens with zero attached hydrogens (tertiary/aromatic N) is 1. The molecule has 7 heteroatoms. The molecule has 0 amide bonds. The van der Waals surface area contributed by atoms with Crippen molar-refractivity contribution in [2.45, 2.75) is 12.8 Å². The third-order valence-corrected chi connectivity index (χ3v) is 4.51. The van der Waals surface area contributed by atoms with Crippen LogP contribution in [0.2, 0.25) is 0 Å². The molecule has 0 aromatic heterocycles. The number of methoxy groups -OCH3 is 1. The van der Waals surface area contributed by atoms with Gasteiger partial charge in [-0.15, -0.1) is 0 Å². The van der Waals surface area contributed by atoms with Gasteiger partial charge in [-0.05, 0) is 25.3 Å². The van der Waals surface area contributed by atoms with E-state index in [9.17, 15) is 8.42 Å². The molecule has 114 valence electrons. The summed E-state index contributed by atoms with van der Waals surface area (Å²) in [6, 6.07) is 0. The predicted octanol–water partition coefficient (Wildman–Crippen LogP) is -0.0894. The van der Waals surface area contributed by atoms with E-state index in [4.69, 9.17) is 9.47 Å². The van der Waals surface area contributed by atoms with Gasteiger partial charge in [-0.1, -0.05) is 0 Å². The third-order valence-electron chi connectivity index (χ3n) is 3.24. The maximum atomic E-state index is 11.5. The van der Waals surface area contributed by atoms with E-state index in [1.807, 2.05) is 0 Å². The maximum Gasteiger partial charge on any atom is 0.211 e. The van der Waals surface area contributed by atoms with Crippen molar-refractivity contribution in [3.8, 4) is 0 Å². The minimum Gasteiger partial charge on any atom is -0.382 e. The molecule has 1 aliphatic rings. The number of piperidine rings is 1. The second kappa shape index (κ2) is 8.86. The summed E-state index contributed by atoms with van der Waals surface area (Å²) in [4.78, 5) is 0. The molecule has 6 nitrogen and oxygen atoms in total. The normalized spacial score (nSPS) is 21.7. The second-order valence-corrected chi connectivity index (χ2v) is 6.92. The SMILES string of the molecule is COCCOCCNCC1CCCN(S(C)(=O)=O)C1. The van der Waals surface area contributed by atoms with Crippen molar-refractivity contribution in [1.82, 2.24) is 9.62 Å². The van der Waals surface area contributed by atoms with Crippen LogP contribution in [0.25, 0.3) is 0 Å². The highest BCUT2D eigenvalue weighted by Gasteiger charge is 2.25. The molecule has 1 saturated heterocycles. The number of sulfonamides is 1. The number of nitrogens with one attached hydrogen (secondary N) is 1. The summed E-state index contributed by atoms with van der Waals surface area (Å²) in [6.45, 7) is 4.83. The average Bonchev–Trinajstić information content (AvgIpc) is 2.37. The van der Waals surface area contributed by atoms with Gasteiger partial charge in [0.2, 0.25) is 10.0 Å². The van der Waals surface area contributed by atoms with Crippen molar-refractivity contribution in [2.75, 3.05) is 59.4 Å². The van der Waals surface area contributed by atoms with E-state index in [2.05, 4.69) is 5.32 Å². The number of hydrogen-bond donors (Lipinski definition) is 1. The van der Waals surface area contributed by atoms with E-state index in [-0.39, 0.29) is 0 Å². The fourth-order valence-electron chi connectivity index (χ4n) is 2.19. The molecule has 1 fully saturated rings. The molecule has 1 aliphatic heterocycles. The summed E-state index contributed by atoms with van der Waals surface area (Å²) in [5.41, 5.74) is 0. The first-order valence-electron chi connectivity index (χ1n) is 6.76. The highest BCUT2D eigenvalue weighted by atomic mass is 32.2. The van der Waals surface area contributed by atoms with Crippen molar-refractivity contribution in [1.29, 1.82) is 0 Å². The Balaban J connectivity index is 2.09. The summed E-state index contributed by atoms with van der Waals surface area (Å²) < 4.78 is 34.8. The van der Waals surface area contributed by atoms with E-state index in [0.29, 0.717) is 38.8 Å². The van der Waals surface area contributed by atoms with Crippen LogP contribution in [0.4, 0.5) is 0 Å². The van der Waals surface area contributed by atoms with Gasteiger partial charge in [0, 0.05) is 26.7 Å². The molecule has 0 aromatic carbocycles. The largest absolute Gasteiger partial charge is 0.382 e. The molecule has 0 aromatic rings. The summed E-state index contributed by atoms with van der Waals surface area (Å²) in [7, 11) is -1.39. The molecule has 0 spiro atoms. The molecule has 0 aliphatic carbocycles. The highest BCUT2D eigenvalue weighted by Crippen LogP contribution is 2.17. The highest BCUT2D eigenvalue weighted by molar-refractivity contribution is 7.88. The van der Waals surface area contributed by atoms with Crippen LogP contribution in [0.1, 0.15) is 12.8 Å². The Labute approximate surface area is 116 Å². The molecule has 1 rings (SSSR count). The summed E-state index contributed by atoms with van der Waals surface area (Å²) >= 11 is 0. The van der Waals surface area contributed by atoms with Crippen LogP contribution in [-0.2, 0) is 19.5 Å². The van der Waals surface area contributed by atoms with Crippen molar-refractivity contribution in [3.05, 3.63) is 0 Å². The van der Waals surface area contributed by atoms with Gasteiger partial charge in [0.1, 0.15) is 0 Å². The summed E-state index contributed by atoms with van der Waals surface area (Å²) in [6.07, 6.45) is 3.32. The number of rotatable bonds is 9. The van der Waals surface area contributed by atoms with Crippen LogP contribution in [-0.4, -0.2) is 72.1 Å². The number of ether oxygens (including phenoxy) is 2. The minimum atomic E-state index is -3.04. The van der Waals surface area contributed by atoms with Gasteiger partial charge in [-0.2, -0.15) is 0 Å². The molecule has 19 heavy (non-hydrogen) atoms. The zero-order chi connectivity index (χ0) is 14.1. The Bertz CT molecular complexity index is 335. The lowest BCUT2D eigenvalue weighted by Gasteiger charge is -2.31. The van der Waals surface area contributed by atoms with E-state index < -0.39 is 10.0 Å². The Morgan fingerprint density at radius 2 is 2.11 bits per heavy atom. The fourth-order valence-corrected chi connectivity index (χ4v) is 3.13. The van der Waals surface area contributed by atoms with Gasteiger partial charge in [0.05, 0.1) is 26.1 Å². The summed E-state index contributed by atoms with van der Waals surface area (Å²) in [5, 5.41) is 3.32. The van der Waals surface area contributed by atoms with E-state index in [0.717, 1.165) is 25.9 Å². The first kappa shape index (κ1) is 16.8. The summed E-state index contributed by atoms with van der Waals surface area (Å²) in [5.74, 6) is 0.405. The predicted molar refractivity (Wildman–Crippen MR) is 74.7 cm³/mol. The quantitative estimate of drug-likeness (QED) is 0.602. The Kier molecular flexibility index (Phi) is 7.86. The molecule has 0 radical (unpaired) electrons. The molecule has 1 heterocycles. The lowest BCUT2D eigenvalue weighted by Crippen LogP contribution is -2.42. The topological polar surface area (TPSA) is 67.9 Å². The molecule has 1 atom stereocenters. The van der Waals surface area contributed by atoms with Crippen LogP contribution in [0.3, 0.4) is 0 Å². The van der Waals surface area contributed by atoms with Crippen LogP contribution in [0, 0.1) is 5.92 Å². The van der Waals surface area contributed by atoms with E-state index in [1.165, 1.54) is 6.26 Å². The van der Waals surface area contributed by atoms with Crippen molar-refractivity contribution < 1.29 is 17.9 Å². The molecule has 1 unspecified atom stereocenters. The van der Waals surface area contributed by atoms with Crippen LogP contribution in [0.5, 0.6) is 0 Å². The lowest BCUT2D eigenvalue weighted by molar-refractivity contribution is 0.0714. The van der Waals surface area contributed by atoms with Gasteiger partial charge in [-0.25, -0.2) is 12.7 Å². The average molecular weight is 294 g/mol. The fraction of sp³-hybridized carbons (Fsp3) is 1.00. The minimum absolute atomic E-state index is 0.405. The lowest BCUT2D eigenvalue weighted by atomic mass is 10.00. The van der Waals surface area contributed by atoms with Gasteiger partial charge >= 0.3 is 0 Å². The monoisotopic (exact) mass is 294 g/mol. The first-order valence-corrected chi connectivity index (χ1v) is 8.61. The molecular weight excluding hydrogens is 268 g/mol. The zero-order valence-electron chi connectivity index (χ0n) is 11.9. The molecule has 1 N–H and O–H groups in total. The third kappa shape index (κ3) is 7.22. The van der Waals surface area contributed by atoms with Crippen molar-refractivity contribution in [3.63, 3.8) is 0 Å². The second-order valence-electron chi connectivity index (χ2n) is 4.94. The van der Waals surface area contributed by atoms with Gasteiger partial charge in [-0.3, -0.25) is 0 Å². The smallest absolute Gasteiger partial charge is 0.211 e. The first-order chi connectivity index (χ1) is 9.04. The van der Waals surface area contributed by atoms with E-state index in [1.54, 1.807) is 11.4 Å². The Morgan fingerprint density at radius 1 is 1.32 bits per heavy atom. The van der Waals surface area contributed by atoms with Crippen LogP contribution in [0.15, 0.2) is 0 Å². The Hall–Kier alpha value is -0.210. The van der Waals surface area contributed by atoms with E-state index >= 15 is 0 Å². The number of hydrogen-bond acceptors (Lipinski definition) is 5. The van der Waals surface area contributed by atoms with Gasteiger partial charge < -0.3 is 14.8 Å². The molecule has 0 saturated carbocycles. The standard InChI is InChI=1S/C12H26N2O4S/c1-17-8-9-18-7-5-13-10-12-4-3-6-14(11-12)19(2,15)16/h12-13H,3-11H2,1-2H3. The Morgan fingerprint density at radius 3 is 2.79 bits per heavy atom. The van der Waals surface area contributed by atoms with Crippen LogP contribution < -0.4 is 5.32 Å².